The maximum atomic E-state index is 10.8. The first-order valence-electron chi connectivity index (χ1n) is 7.40. The molecular weight excluding hydrogens is 268 g/mol. The molecule has 2 unspecified atom stereocenters. The van der Waals surface area contributed by atoms with Gasteiger partial charge >= 0.3 is 0 Å². The van der Waals surface area contributed by atoms with E-state index in [4.69, 9.17) is 4.74 Å². The van der Waals surface area contributed by atoms with E-state index in [9.17, 15) is 10.1 Å². The number of benzene rings is 1. The van der Waals surface area contributed by atoms with E-state index in [0.717, 1.165) is 18.5 Å². The Morgan fingerprint density at radius 1 is 1.38 bits per heavy atom. The molecule has 0 radical (unpaired) electrons. The fraction of sp³-hybridized carbons (Fsp3) is 0.625. The minimum Gasteiger partial charge on any atom is -0.494 e. The van der Waals surface area contributed by atoms with Gasteiger partial charge in [-0.2, -0.15) is 0 Å². The van der Waals surface area contributed by atoms with E-state index in [0.29, 0.717) is 23.1 Å². The standard InChI is InChI=1S/C16H24N2O3/c1-11-7-12(10-16(2,3)9-11)17-14-6-5-13(18(19)20)8-15(14)21-4/h5-6,8,11-12,17H,7,9-10H2,1-4H3. The van der Waals surface area contributed by atoms with Crippen molar-refractivity contribution in [2.45, 2.75) is 46.1 Å². The fourth-order valence-corrected chi connectivity index (χ4v) is 3.59. The summed E-state index contributed by atoms with van der Waals surface area (Å²) in [5, 5.41) is 14.3. The third-order valence-electron chi connectivity index (χ3n) is 4.14. The van der Waals surface area contributed by atoms with E-state index < -0.39 is 4.92 Å². The van der Waals surface area contributed by atoms with Gasteiger partial charge in [0.15, 0.2) is 0 Å². The summed E-state index contributed by atoms with van der Waals surface area (Å²) < 4.78 is 5.29. The lowest BCUT2D eigenvalue weighted by Crippen LogP contribution is -2.35. The van der Waals surface area contributed by atoms with E-state index >= 15 is 0 Å². The molecule has 1 aliphatic carbocycles. The second-order valence-electron chi connectivity index (χ2n) is 6.90. The molecule has 5 nitrogen and oxygen atoms in total. The van der Waals surface area contributed by atoms with Crippen LogP contribution in [0.1, 0.15) is 40.0 Å². The van der Waals surface area contributed by atoms with Gasteiger partial charge in [0.2, 0.25) is 0 Å². The first kappa shape index (κ1) is 15.6. The second-order valence-corrected chi connectivity index (χ2v) is 6.90. The van der Waals surface area contributed by atoms with Crippen LogP contribution in [0, 0.1) is 21.4 Å². The zero-order valence-corrected chi connectivity index (χ0v) is 13.2. The zero-order chi connectivity index (χ0) is 15.6. The molecule has 21 heavy (non-hydrogen) atoms. The van der Waals surface area contributed by atoms with Gasteiger partial charge in [0, 0.05) is 12.1 Å². The number of hydrogen-bond acceptors (Lipinski definition) is 4. The maximum Gasteiger partial charge on any atom is 0.273 e. The van der Waals surface area contributed by atoms with E-state index in [1.807, 2.05) is 0 Å². The van der Waals surface area contributed by atoms with Crippen molar-refractivity contribution in [3.63, 3.8) is 0 Å². The highest BCUT2D eigenvalue weighted by atomic mass is 16.6. The molecule has 0 aliphatic heterocycles. The minimum atomic E-state index is -0.405. The molecule has 1 saturated carbocycles. The summed E-state index contributed by atoms with van der Waals surface area (Å²) in [6, 6.07) is 5.10. The van der Waals surface area contributed by atoms with Crippen LogP contribution in [0.3, 0.4) is 0 Å². The SMILES string of the molecule is COc1cc([N+](=O)[O-])ccc1NC1CC(C)CC(C)(C)C1. The van der Waals surface area contributed by atoms with Gasteiger partial charge in [0.25, 0.3) is 5.69 Å². The van der Waals surface area contributed by atoms with Crippen molar-refractivity contribution in [1.29, 1.82) is 0 Å². The van der Waals surface area contributed by atoms with Gasteiger partial charge in [-0.25, -0.2) is 0 Å². The molecule has 0 amide bonds. The summed E-state index contributed by atoms with van der Waals surface area (Å²) in [6.07, 6.45) is 3.45. The largest absolute Gasteiger partial charge is 0.494 e. The highest BCUT2D eigenvalue weighted by molar-refractivity contribution is 5.61. The molecule has 0 spiro atoms. The van der Waals surface area contributed by atoms with Crippen LogP contribution < -0.4 is 10.1 Å². The Hall–Kier alpha value is -1.78. The van der Waals surface area contributed by atoms with Crippen molar-refractivity contribution >= 4 is 11.4 Å². The first-order chi connectivity index (χ1) is 9.80. The van der Waals surface area contributed by atoms with E-state index in [1.54, 1.807) is 6.07 Å². The molecule has 5 heteroatoms. The number of anilines is 1. The van der Waals surface area contributed by atoms with Gasteiger partial charge in [0.1, 0.15) is 5.75 Å². The molecule has 0 aromatic heterocycles. The minimum absolute atomic E-state index is 0.0507. The molecule has 0 bridgehead atoms. The van der Waals surface area contributed by atoms with Crippen LogP contribution in [-0.4, -0.2) is 18.1 Å². The van der Waals surface area contributed by atoms with Gasteiger partial charge in [0.05, 0.1) is 23.8 Å². The number of hydrogen-bond donors (Lipinski definition) is 1. The number of rotatable bonds is 4. The van der Waals surface area contributed by atoms with Crippen LogP contribution in [0.25, 0.3) is 0 Å². The number of nitrogens with zero attached hydrogens (tertiary/aromatic N) is 1. The molecule has 1 aromatic carbocycles. The van der Waals surface area contributed by atoms with Crippen molar-refractivity contribution in [1.82, 2.24) is 0 Å². The molecule has 1 N–H and O–H groups in total. The number of non-ortho nitro benzene ring substituents is 1. The van der Waals surface area contributed by atoms with Crippen LogP contribution in [0.4, 0.5) is 11.4 Å². The Kier molecular flexibility index (Phi) is 4.40. The summed E-state index contributed by atoms with van der Waals surface area (Å²) in [4.78, 5) is 10.4. The van der Waals surface area contributed by atoms with E-state index in [-0.39, 0.29) is 5.69 Å². The van der Waals surface area contributed by atoms with Crippen LogP contribution in [0.5, 0.6) is 5.75 Å². The van der Waals surface area contributed by atoms with Gasteiger partial charge in [-0.1, -0.05) is 20.8 Å². The van der Waals surface area contributed by atoms with E-state index in [2.05, 4.69) is 26.1 Å². The number of nitro benzene ring substituents is 1. The second kappa shape index (κ2) is 5.92. The van der Waals surface area contributed by atoms with Gasteiger partial charge in [-0.05, 0) is 36.7 Å². The highest BCUT2D eigenvalue weighted by Crippen LogP contribution is 2.40. The van der Waals surface area contributed by atoms with Crippen molar-refractivity contribution in [3.8, 4) is 5.75 Å². The predicted molar refractivity (Wildman–Crippen MR) is 83.9 cm³/mol. The monoisotopic (exact) mass is 292 g/mol. The predicted octanol–water partition coefficient (Wildman–Crippen LogP) is 4.23. The maximum absolute atomic E-state index is 10.8. The summed E-state index contributed by atoms with van der Waals surface area (Å²) >= 11 is 0. The Balaban J connectivity index is 2.17. The lowest BCUT2D eigenvalue weighted by Gasteiger charge is -2.39. The number of nitrogens with one attached hydrogen (secondary N) is 1. The third-order valence-corrected chi connectivity index (χ3v) is 4.14. The number of nitro groups is 1. The molecule has 1 aromatic rings. The molecule has 1 aliphatic rings. The fourth-order valence-electron chi connectivity index (χ4n) is 3.59. The van der Waals surface area contributed by atoms with Crippen LogP contribution in [0.2, 0.25) is 0 Å². The Morgan fingerprint density at radius 2 is 2.10 bits per heavy atom. The summed E-state index contributed by atoms with van der Waals surface area (Å²) in [6.45, 7) is 6.87. The molecular formula is C16H24N2O3. The van der Waals surface area contributed by atoms with Gasteiger partial charge in [-0.15, -0.1) is 0 Å². The molecule has 0 heterocycles. The molecule has 2 atom stereocenters. The van der Waals surface area contributed by atoms with Crippen molar-refractivity contribution in [2.75, 3.05) is 12.4 Å². The number of ether oxygens (including phenoxy) is 1. The first-order valence-corrected chi connectivity index (χ1v) is 7.40. The number of methoxy groups -OCH3 is 1. The normalized spacial score (nSPS) is 24.4. The Bertz CT molecular complexity index is 528. The quantitative estimate of drug-likeness (QED) is 0.666. The molecule has 1 fully saturated rings. The van der Waals surface area contributed by atoms with Crippen LogP contribution >= 0.6 is 0 Å². The zero-order valence-electron chi connectivity index (χ0n) is 13.2. The lowest BCUT2D eigenvalue weighted by molar-refractivity contribution is -0.384. The molecule has 0 saturated heterocycles. The molecule has 2 rings (SSSR count). The van der Waals surface area contributed by atoms with Crippen LogP contribution in [-0.2, 0) is 0 Å². The smallest absolute Gasteiger partial charge is 0.273 e. The summed E-state index contributed by atoms with van der Waals surface area (Å²) in [5.74, 6) is 1.20. The average Bonchev–Trinajstić information content (AvgIpc) is 2.36. The van der Waals surface area contributed by atoms with Crippen LogP contribution in [0.15, 0.2) is 18.2 Å². The van der Waals surface area contributed by atoms with Gasteiger partial charge in [-0.3, -0.25) is 10.1 Å². The highest BCUT2D eigenvalue weighted by Gasteiger charge is 2.32. The topological polar surface area (TPSA) is 64.4 Å². The summed E-state index contributed by atoms with van der Waals surface area (Å²) in [5.41, 5.74) is 1.20. The van der Waals surface area contributed by atoms with Crippen molar-refractivity contribution in [3.05, 3.63) is 28.3 Å². The Labute approximate surface area is 125 Å². The summed E-state index contributed by atoms with van der Waals surface area (Å²) in [7, 11) is 1.54. The molecule has 116 valence electrons. The van der Waals surface area contributed by atoms with E-state index in [1.165, 1.54) is 25.7 Å². The van der Waals surface area contributed by atoms with Crippen molar-refractivity contribution in [2.24, 2.45) is 11.3 Å². The Morgan fingerprint density at radius 3 is 2.67 bits per heavy atom. The van der Waals surface area contributed by atoms with Crippen molar-refractivity contribution < 1.29 is 9.66 Å². The lowest BCUT2D eigenvalue weighted by atomic mass is 9.70. The van der Waals surface area contributed by atoms with Gasteiger partial charge < -0.3 is 10.1 Å². The third kappa shape index (κ3) is 3.86. The average molecular weight is 292 g/mol.